The predicted molar refractivity (Wildman–Crippen MR) is 159 cm³/mol. The van der Waals surface area contributed by atoms with Crippen LogP contribution in [0, 0.1) is 0 Å². The fraction of sp³-hybridized carbons (Fsp3) is 0.0909. The van der Waals surface area contributed by atoms with Gasteiger partial charge in [0, 0.05) is 23.6 Å². The first kappa shape index (κ1) is 28.6. The molecule has 2 heterocycles. The van der Waals surface area contributed by atoms with Crippen LogP contribution in [-0.2, 0) is 0 Å². The number of benzene rings is 4. The standard InChI is InChI=1S/C18H16O3.C15H10O7/c1-2-13(12-8-4-3-5-9-12)16-17(19)14-10-6-7-11-15(14)21-18(16)20;16-7-4-10(19)12-11(5-7)22-15(14(21)13(12)20)6-1-2-8(17)9(18)3-6/h3-11,13,19H,2H2,1H3;1-5,16-19,21H. The number of para-hydroxylation sites is 1. The van der Waals surface area contributed by atoms with E-state index < -0.39 is 28.3 Å². The summed E-state index contributed by atoms with van der Waals surface area (Å²) in [4.78, 5) is 24.4. The molecule has 6 aromatic rings. The maximum absolute atomic E-state index is 12.3. The van der Waals surface area contributed by atoms with E-state index in [1.54, 1.807) is 18.2 Å². The number of aromatic hydroxyl groups is 6. The van der Waals surface area contributed by atoms with Gasteiger partial charge in [0.25, 0.3) is 0 Å². The number of phenolic OH excluding ortho intramolecular Hbond substituents is 4. The fourth-order valence-electron chi connectivity index (χ4n) is 4.88. The van der Waals surface area contributed by atoms with Crippen LogP contribution in [0.1, 0.15) is 30.4 Å². The second-order valence-electron chi connectivity index (χ2n) is 9.67. The van der Waals surface area contributed by atoms with Gasteiger partial charge in [0.15, 0.2) is 17.3 Å². The number of fused-ring (bicyclic) bond motifs is 2. The molecule has 0 saturated heterocycles. The first-order chi connectivity index (χ1) is 20.6. The maximum Gasteiger partial charge on any atom is 0.343 e. The van der Waals surface area contributed by atoms with Gasteiger partial charge in [-0.25, -0.2) is 4.79 Å². The Kier molecular flexibility index (Phi) is 7.68. The van der Waals surface area contributed by atoms with Gasteiger partial charge < -0.3 is 39.5 Å². The van der Waals surface area contributed by atoms with Gasteiger partial charge in [-0.3, -0.25) is 4.79 Å². The van der Waals surface area contributed by atoms with E-state index in [0.29, 0.717) is 23.0 Å². The maximum atomic E-state index is 12.3. The van der Waals surface area contributed by atoms with Gasteiger partial charge in [0.1, 0.15) is 33.8 Å². The Morgan fingerprint density at radius 3 is 2.07 bits per heavy atom. The van der Waals surface area contributed by atoms with E-state index in [2.05, 4.69) is 0 Å². The summed E-state index contributed by atoms with van der Waals surface area (Å²) in [6.07, 6.45) is 0.709. The van der Waals surface area contributed by atoms with E-state index in [0.717, 1.165) is 29.8 Å². The highest BCUT2D eigenvalue weighted by atomic mass is 16.4. The molecule has 218 valence electrons. The Morgan fingerprint density at radius 1 is 0.674 bits per heavy atom. The summed E-state index contributed by atoms with van der Waals surface area (Å²) >= 11 is 0. The van der Waals surface area contributed by atoms with E-state index in [1.165, 1.54) is 6.07 Å². The Balaban J connectivity index is 0.000000171. The molecule has 43 heavy (non-hydrogen) atoms. The molecular weight excluding hydrogens is 556 g/mol. The summed E-state index contributed by atoms with van der Waals surface area (Å²) in [5.41, 5.74) is 0.382. The summed E-state index contributed by atoms with van der Waals surface area (Å²) in [5, 5.41) is 58.7. The Morgan fingerprint density at radius 2 is 1.37 bits per heavy atom. The van der Waals surface area contributed by atoms with Crippen molar-refractivity contribution in [1.29, 1.82) is 0 Å². The van der Waals surface area contributed by atoms with Crippen LogP contribution in [0.15, 0.2) is 103 Å². The van der Waals surface area contributed by atoms with E-state index in [9.17, 15) is 40.2 Å². The van der Waals surface area contributed by atoms with Crippen molar-refractivity contribution in [3.05, 3.63) is 117 Å². The fourth-order valence-corrected chi connectivity index (χ4v) is 4.88. The van der Waals surface area contributed by atoms with Crippen LogP contribution < -0.4 is 11.1 Å². The summed E-state index contributed by atoms with van der Waals surface area (Å²) < 4.78 is 10.7. The molecule has 1 unspecified atom stereocenters. The van der Waals surface area contributed by atoms with Gasteiger partial charge in [0.05, 0.1) is 10.9 Å². The molecule has 0 aliphatic heterocycles. The van der Waals surface area contributed by atoms with Crippen LogP contribution in [0.2, 0.25) is 0 Å². The third kappa shape index (κ3) is 5.41. The van der Waals surface area contributed by atoms with Crippen molar-refractivity contribution in [2.45, 2.75) is 19.3 Å². The summed E-state index contributed by atoms with van der Waals surface area (Å²) in [5.74, 6) is -2.86. The third-order valence-electron chi connectivity index (χ3n) is 6.95. The normalized spacial score (nSPS) is 11.7. The predicted octanol–water partition coefficient (Wildman–Crippen LogP) is 6.03. The van der Waals surface area contributed by atoms with E-state index in [1.807, 2.05) is 43.3 Å². The molecule has 0 fully saturated rings. The number of hydrogen-bond acceptors (Lipinski definition) is 10. The monoisotopic (exact) mass is 582 g/mol. The van der Waals surface area contributed by atoms with Gasteiger partial charge in [-0.05, 0) is 42.3 Å². The first-order valence-corrected chi connectivity index (χ1v) is 13.1. The van der Waals surface area contributed by atoms with Crippen molar-refractivity contribution < 1.29 is 39.5 Å². The highest BCUT2D eigenvalue weighted by Gasteiger charge is 2.23. The minimum Gasteiger partial charge on any atom is -0.508 e. The van der Waals surface area contributed by atoms with Crippen molar-refractivity contribution in [1.82, 2.24) is 0 Å². The molecule has 6 rings (SSSR count). The molecule has 1 atom stereocenters. The molecule has 0 spiro atoms. The molecule has 0 aliphatic carbocycles. The van der Waals surface area contributed by atoms with Crippen molar-refractivity contribution in [3.8, 4) is 45.8 Å². The average Bonchev–Trinajstić information content (AvgIpc) is 2.99. The Labute approximate surface area is 243 Å². The Bertz CT molecular complexity index is 2080. The van der Waals surface area contributed by atoms with Crippen LogP contribution in [0.3, 0.4) is 0 Å². The molecule has 0 amide bonds. The van der Waals surface area contributed by atoms with Crippen molar-refractivity contribution >= 4 is 21.9 Å². The number of hydrogen-bond donors (Lipinski definition) is 6. The largest absolute Gasteiger partial charge is 0.508 e. The third-order valence-corrected chi connectivity index (χ3v) is 6.95. The summed E-state index contributed by atoms with van der Waals surface area (Å²) in [6, 6.07) is 22.4. The topological polar surface area (TPSA) is 182 Å². The average molecular weight is 583 g/mol. The smallest absolute Gasteiger partial charge is 0.343 e. The summed E-state index contributed by atoms with van der Waals surface area (Å²) in [7, 11) is 0. The zero-order chi connectivity index (χ0) is 30.8. The van der Waals surface area contributed by atoms with Crippen LogP contribution in [-0.4, -0.2) is 30.6 Å². The zero-order valence-corrected chi connectivity index (χ0v) is 22.7. The molecular formula is C33H26O10. The van der Waals surface area contributed by atoms with E-state index in [4.69, 9.17) is 8.83 Å². The SMILES string of the molecule is CCC(c1ccccc1)c1c(O)c2ccccc2oc1=O.O=c1c(O)c(-c2ccc(O)c(O)c2)oc2cc(O)cc(O)c12. The molecule has 0 saturated carbocycles. The second-order valence-corrected chi connectivity index (χ2v) is 9.67. The first-order valence-electron chi connectivity index (χ1n) is 13.1. The summed E-state index contributed by atoms with van der Waals surface area (Å²) in [6.45, 7) is 1.99. The molecule has 6 N–H and O–H groups in total. The lowest BCUT2D eigenvalue weighted by molar-refractivity contribution is 0.403. The lowest BCUT2D eigenvalue weighted by Crippen LogP contribution is -2.13. The molecule has 0 bridgehead atoms. The van der Waals surface area contributed by atoms with Crippen molar-refractivity contribution in [2.75, 3.05) is 0 Å². The lowest BCUT2D eigenvalue weighted by Gasteiger charge is -2.16. The highest BCUT2D eigenvalue weighted by molar-refractivity contribution is 5.88. The van der Waals surface area contributed by atoms with Gasteiger partial charge in [-0.1, -0.05) is 49.4 Å². The van der Waals surface area contributed by atoms with Gasteiger partial charge >= 0.3 is 5.63 Å². The zero-order valence-electron chi connectivity index (χ0n) is 22.7. The van der Waals surface area contributed by atoms with Crippen LogP contribution in [0.4, 0.5) is 0 Å². The molecule has 4 aromatic carbocycles. The minimum atomic E-state index is -0.888. The number of phenols is 4. The van der Waals surface area contributed by atoms with Crippen molar-refractivity contribution in [3.63, 3.8) is 0 Å². The minimum absolute atomic E-state index is 0.0255. The van der Waals surface area contributed by atoms with Gasteiger partial charge in [0.2, 0.25) is 11.2 Å². The van der Waals surface area contributed by atoms with E-state index in [-0.39, 0.29) is 45.5 Å². The van der Waals surface area contributed by atoms with Gasteiger partial charge in [-0.2, -0.15) is 0 Å². The van der Waals surface area contributed by atoms with Gasteiger partial charge in [-0.15, -0.1) is 0 Å². The van der Waals surface area contributed by atoms with Crippen LogP contribution in [0.25, 0.3) is 33.3 Å². The molecule has 10 nitrogen and oxygen atoms in total. The number of rotatable bonds is 4. The molecule has 0 radical (unpaired) electrons. The highest BCUT2D eigenvalue weighted by Crippen LogP contribution is 2.38. The van der Waals surface area contributed by atoms with Crippen LogP contribution in [0.5, 0.6) is 34.5 Å². The molecule has 0 aliphatic rings. The molecule has 2 aromatic heterocycles. The molecule has 10 heteroatoms. The van der Waals surface area contributed by atoms with E-state index >= 15 is 0 Å². The lowest BCUT2D eigenvalue weighted by atomic mass is 9.89. The van der Waals surface area contributed by atoms with Crippen LogP contribution >= 0.6 is 0 Å². The quantitative estimate of drug-likeness (QED) is 0.106. The Hall–Kier alpha value is -5.90. The van der Waals surface area contributed by atoms with Crippen molar-refractivity contribution in [2.24, 2.45) is 0 Å². The second kappa shape index (κ2) is 11.5.